The van der Waals surface area contributed by atoms with Gasteiger partial charge in [0.25, 0.3) is 0 Å². The second-order valence-electron chi connectivity index (χ2n) is 4.01. The van der Waals surface area contributed by atoms with Crippen LogP contribution < -0.4 is 5.32 Å². The Hall–Kier alpha value is -1.58. The molecule has 1 N–H and O–H groups in total. The molecule has 102 valence electrons. The van der Waals surface area contributed by atoms with Crippen molar-refractivity contribution in [2.45, 2.75) is 40.2 Å². The highest BCUT2D eigenvalue weighted by molar-refractivity contribution is 5.91. The van der Waals surface area contributed by atoms with Crippen LogP contribution in [0.2, 0.25) is 0 Å². The number of ether oxygens (including phenoxy) is 1. The smallest absolute Gasteiger partial charge is 0.328 e. The first-order chi connectivity index (χ1) is 8.56. The lowest BCUT2D eigenvalue weighted by molar-refractivity contribution is -0.148. The summed E-state index contributed by atoms with van der Waals surface area (Å²) in [6.45, 7) is 7.81. The second kappa shape index (κ2) is 9.45. The monoisotopic (exact) mass is 253 g/mol. The van der Waals surface area contributed by atoms with Crippen molar-refractivity contribution in [1.82, 2.24) is 5.32 Å². The van der Waals surface area contributed by atoms with Gasteiger partial charge >= 0.3 is 5.97 Å². The first kappa shape index (κ1) is 16.4. The first-order valence-electron chi connectivity index (χ1n) is 6.33. The molecule has 18 heavy (non-hydrogen) atoms. The van der Waals surface area contributed by atoms with Gasteiger partial charge in [-0.3, -0.25) is 4.79 Å². The van der Waals surface area contributed by atoms with Crippen LogP contribution >= 0.6 is 0 Å². The second-order valence-corrected chi connectivity index (χ2v) is 4.01. The van der Waals surface area contributed by atoms with Gasteiger partial charge < -0.3 is 10.1 Å². The number of amides is 1. The van der Waals surface area contributed by atoms with Gasteiger partial charge in [-0.15, -0.1) is 0 Å². The van der Waals surface area contributed by atoms with Crippen LogP contribution in [0.5, 0.6) is 0 Å². The Morgan fingerprint density at radius 3 is 2.44 bits per heavy atom. The molecule has 0 saturated heterocycles. The summed E-state index contributed by atoms with van der Waals surface area (Å²) >= 11 is 0. The molecule has 0 unspecified atom stereocenters. The molecule has 0 bridgehead atoms. The Labute approximate surface area is 109 Å². The van der Waals surface area contributed by atoms with Crippen LogP contribution in [0.4, 0.5) is 0 Å². The van der Waals surface area contributed by atoms with Crippen LogP contribution in [-0.4, -0.2) is 24.5 Å². The third-order valence-corrected chi connectivity index (χ3v) is 2.60. The molecule has 0 heterocycles. The summed E-state index contributed by atoms with van der Waals surface area (Å²) in [4.78, 5) is 23.4. The molecular formula is C14H23NO3. The maximum atomic E-state index is 11.7. The zero-order chi connectivity index (χ0) is 14.0. The lowest BCUT2D eigenvalue weighted by atomic mass is 9.99. The van der Waals surface area contributed by atoms with Crippen molar-refractivity contribution in [3.05, 3.63) is 24.3 Å². The minimum Gasteiger partial charge on any atom is -0.464 e. The number of esters is 1. The van der Waals surface area contributed by atoms with Gasteiger partial charge in [-0.2, -0.15) is 0 Å². The molecule has 0 aliphatic heterocycles. The van der Waals surface area contributed by atoms with E-state index in [1.54, 1.807) is 19.1 Å². The normalized spacial score (nSPS) is 14.7. The molecule has 0 aromatic heterocycles. The van der Waals surface area contributed by atoms with Crippen LogP contribution in [0.1, 0.15) is 34.1 Å². The third kappa shape index (κ3) is 6.23. The fraction of sp³-hybridized carbons (Fsp3) is 0.571. The predicted molar refractivity (Wildman–Crippen MR) is 72.0 cm³/mol. The molecule has 4 nitrogen and oxygen atoms in total. The van der Waals surface area contributed by atoms with Crippen molar-refractivity contribution in [3.63, 3.8) is 0 Å². The van der Waals surface area contributed by atoms with Crippen molar-refractivity contribution < 1.29 is 14.3 Å². The fourth-order valence-corrected chi connectivity index (χ4v) is 1.36. The van der Waals surface area contributed by atoms with E-state index in [4.69, 9.17) is 4.74 Å². The standard InChI is InChI=1S/C14H23NO3/c1-5-8-9-10-12(16)15-13(11(4)6-2)14(17)18-7-3/h5,8-11,13H,6-7H2,1-4H3,(H,15,16)/b8-5+,10-9+/t11-,13-/m0/s1. The number of carbonyl (C=O) groups is 2. The summed E-state index contributed by atoms with van der Waals surface area (Å²) in [5.74, 6) is -0.616. The topological polar surface area (TPSA) is 55.4 Å². The zero-order valence-electron chi connectivity index (χ0n) is 11.6. The average Bonchev–Trinajstić information content (AvgIpc) is 2.35. The van der Waals surface area contributed by atoms with Crippen LogP contribution in [0.15, 0.2) is 24.3 Å². The average molecular weight is 253 g/mol. The number of nitrogens with one attached hydrogen (secondary N) is 1. The summed E-state index contributed by atoms with van der Waals surface area (Å²) in [5.41, 5.74) is 0. The van der Waals surface area contributed by atoms with Crippen molar-refractivity contribution in [2.75, 3.05) is 6.61 Å². The largest absolute Gasteiger partial charge is 0.464 e. The quantitative estimate of drug-likeness (QED) is 0.430. The van der Waals surface area contributed by atoms with Crippen molar-refractivity contribution in [1.29, 1.82) is 0 Å². The maximum Gasteiger partial charge on any atom is 0.328 e. The van der Waals surface area contributed by atoms with Crippen LogP contribution in [0.25, 0.3) is 0 Å². The fourth-order valence-electron chi connectivity index (χ4n) is 1.36. The molecule has 4 heteroatoms. The molecule has 0 aliphatic carbocycles. The Morgan fingerprint density at radius 1 is 1.28 bits per heavy atom. The third-order valence-electron chi connectivity index (χ3n) is 2.60. The lowest BCUT2D eigenvalue weighted by Crippen LogP contribution is -2.45. The summed E-state index contributed by atoms with van der Waals surface area (Å²) < 4.78 is 4.96. The summed E-state index contributed by atoms with van der Waals surface area (Å²) in [5, 5.41) is 2.68. The molecule has 2 atom stereocenters. The Bertz CT molecular complexity index is 321. The number of hydrogen-bond donors (Lipinski definition) is 1. The van der Waals surface area contributed by atoms with Crippen LogP contribution in [0.3, 0.4) is 0 Å². The van der Waals surface area contributed by atoms with E-state index < -0.39 is 6.04 Å². The van der Waals surface area contributed by atoms with Gasteiger partial charge in [-0.1, -0.05) is 38.5 Å². The van der Waals surface area contributed by atoms with E-state index in [2.05, 4.69) is 5.32 Å². The lowest BCUT2D eigenvalue weighted by Gasteiger charge is -2.21. The number of allylic oxidation sites excluding steroid dienone is 3. The van der Waals surface area contributed by atoms with Gasteiger partial charge in [0.15, 0.2) is 0 Å². The highest BCUT2D eigenvalue weighted by Gasteiger charge is 2.26. The SMILES string of the molecule is C/C=C/C=C/C(=O)N[C@H](C(=O)OCC)[C@@H](C)CC. The number of carbonyl (C=O) groups excluding carboxylic acids is 2. The molecular weight excluding hydrogens is 230 g/mol. The van der Waals surface area contributed by atoms with Gasteiger partial charge in [-0.05, 0) is 19.8 Å². The molecule has 0 radical (unpaired) electrons. The van der Waals surface area contributed by atoms with E-state index >= 15 is 0 Å². The Kier molecular flexibility index (Phi) is 8.62. The molecule has 1 amide bonds. The van der Waals surface area contributed by atoms with E-state index in [1.165, 1.54) is 6.08 Å². The van der Waals surface area contributed by atoms with E-state index in [1.807, 2.05) is 26.8 Å². The van der Waals surface area contributed by atoms with E-state index in [0.29, 0.717) is 6.61 Å². The van der Waals surface area contributed by atoms with Gasteiger partial charge in [0.05, 0.1) is 6.61 Å². The molecule has 0 aromatic rings. The predicted octanol–water partition coefficient (Wildman–Crippen LogP) is 2.21. The molecule has 0 spiro atoms. The van der Waals surface area contributed by atoms with Crippen molar-refractivity contribution in [2.24, 2.45) is 5.92 Å². The van der Waals surface area contributed by atoms with E-state index in [0.717, 1.165) is 6.42 Å². The molecule has 0 fully saturated rings. The van der Waals surface area contributed by atoms with Gasteiger partial charge in [-0.25, -0.2) is 4.79 Å². The van der Waals surface area contributed by atoms with E-state index in [-0.39, 0.29) is 17.8 Å². The minimum atomic E-state index is -0.585. The molecule has 0 rings (SSSR count). The maximum absolute atomic E-state index is 11.7. The molecule has 0 aliphatic rings. The zero-order valence-corrected chi connectivity index (χ0v) is 11.6. The highest BCUT2D eigenvalue weighted by atomic mass is 16.5. The summed E-state index contributed by atoms with van der Waals surface area (Å²) in [6.07, 6.45) is 7.40. The van der Waals surface area contributed by atoms with E-state index in [9.17, 15) is 9.59 Å². The van der Waals surface area contributed by atoms with Crippen molar-refractivity contribution >= 4 is 11.9 Å². The highest BCUT2D eigenvalue weighted by Crippen LogP contribution is 2.09. The Morgan fingerprint density at radius 2 is 1.94 bits per heavy atom. The van der Waals surface area contributed by atoms with Crippen LogP contribution in [0, 0.1) is 5.92 Å². The van der Waals surface area contributed by atoms with Crippen molar-refractivity contribution in [3.8, 4) is 0 Å². The van der Waals surface area contributed by atoms with Crippen LogP contribution in [-0.2, 0) is 14.3 Å². The first-order valence-corrected chi connectivity index (χ1v) is 6.33. The molecule has 0 aromatic carbocycles. The van der Waals surface area contributed by atoms with Gasteiger partial charge in [0.2, 0.25) is 5.91 Å². The number of rotatable bonds is 7. The summed E-state index contributed by atoms with van der Waals surface area (Å²) in [6, 6.07) is -0.585. The van der Waals surface area contributed by atoms with Gasteiger partial charge in [0, 0.05) is 6.08 Å². The number of hydrogen-bond acceptors (Lipinski definition) is 3. The summed E-state index contributed by atoms with van der Waals surface area (Å²) in [7, 11) is 0. The molecule has 0 saturated carbocycles. The minimum absolute atomic E-state index is 0.0446. The Balaban J connectivity index is 4.58. The van der Waals surface area contributed by atoms with Gasteiger partial charge in [0.1, 0.15) is 6.04 Å².